The highest BCUT2D eigenvalue weighted by Crippen LogP contribution is 2.21. The van der Waals surface area contributed by atoms with Crippen molar-refractivity contribution in [2.45, 2.75) is 65.2 Å². The highest BCUT2D eigenvalue weighted by molar-refractivity contribution is 5.95. The standard InChI is InChI=1S/C19H32N2O2/c1-3-5-7-9-13-20-16-11-12-17(19(22)23)18(15-16)21-14-10-8-6-4-2/h11-12,15,20-21H,3-10,13-14H2,1-2H3,(H,22,23). The Morgan fingerprint density at radius 1 is 0.913 bits per heavy atom. The minimum absolute atomic E-state index is 0.344. The molecule has 0 aliphatic rings. The predicted molar refractivity (Wildman–Crippen MR) is 98.7 cm³/mol. The summed E-state index contributed by atoms with van der Waals surface area (Å²) in [6.45, 7) is 6.14. The summed E-state index contributed by atoms with van der Waals surface area (Å²) in [5, 5.41) is 16.0. The molecule has 1 aromatic carbocycles. The van der Waals surface area contributed by atoms with Crippen LogP contribution in [-0.2, 0) is 0 Å². The number of rotatable bonds is 13. The monoisotopic (exact) mass is 320 g/mol. The summed E-state index contributed by atoms with van der Waals surface area (Å²) in [7, 11) is 0. The molecule has 4 nitrogen and oxygen atoms in total. The van der Waals surface area contributed by atoms with Crippen LogP contribution in [0.3, 0.4) is 0 Å². The number of nitrogens with one attached hydrogen (secondary N) is 2. The van der Waals surface area contributed by atoms with E-state index in [1.807, 2.05) is 12.1 Å². The van der Waals surface area contributed by atoms with E-state index in [-0.39, 0.29) is 0 Å². The molecule has 0 saturated carbocycles. The topological polar surface area (TPSA) is 61.4 Å². The van der Waals surface area contributed by atoms with Crippen molar-refractivity contribution in [3.8, 4) is 0 Å². The van der Waals surface area contributed by atoms with Crippen LogP contribution in [0.4, 0.5) is 11.4 Å². The second kappa shape index (κ2) is 11.8. The minimum Gasteiger partial charge on any atom is -0.478 e. The van der Waals surface area contributed by atoms with Gasteiger partial charge in [-0.2, -0.15) is 0 Å². The molecule has 23 heavy (non-hydrogen) atoms. The fourth-order valence-corrected chi connectivity index (χ4v) is 2.55. The van der Waals surface area contributed by atoms with Crippen LogP contribution in [0.1, 0.15) is 75.6 Å². The molecule has 4 heteroatoms. The van der Waals surface area contributed by atoms with Crippen LogP contribution < -0.4 is 10.6 Å². The molecule has 0 spiro atoms. The van der Waals surface area contributed by atoms with Gasteiger partial charge in [0.2, 0.25) is 0 Å². The number of anilines is 2. The Labute approximate surface area is 140 Å². The van der Waals surface area contributed by atoms with Gasteiger partial charge < -0.3 is 15.7 Å². The number of carbonyl (C=O) groups is 1. The van der Waals surface area contributed by atoms with Crippen molar-refractivity contribution in [1.29, 1.82) is 0 Å². The predicted octanol–water partition coefficient (Wildman–Crippen LogP) is 5.37. The lowest BCUT2D eigenvalue weighted by atomic mass is 10.1. The lowest BCUT2D eigenvalue weighted by molar-refractivity contribution is 0.0698. The highest BCUT2D eigenvalue weighted by atomic mass is 16.4. The molecule has 0 bridgehead atoms. The van der Waals surface area contributed by atoms with Crippen LogP contribution in [-0.4, -0.2) is 24.2 Å². The van der Waals surface area contributed by atoms with Crippen LogP contribution in [0, 0.1) is 0 Å². The third kappa shape index (κ3) is 7.91. The van der Waals surface area contributed by atoms with Gasteiger partial charge in [-0.3, -0.25) is 0 Å². The van der Waals surface area contributed by atoms with E-state index in [1.54, 1.807) is 6.07 Å². The van der Waals surface area contributed by atoms with Crippen LogP contribution in [0.25, 0.3) is 0 Å². The molecule has 0 saturated heterocycles. The zero-order valence-corrected chi connectivity index (χ0v) is 14.7. The van der Waals surface area contributed by atoms with Gasteiger partial charge in [0.05, 0.1) is 11.3 Å². The minimum atomic E-state index is -0.879. The number of hydrogen-bond donors (Lipinski definition) is 3. The van der Waals surface area contributed by atoms with Crippen LogP contribution in [0.2, 0.25) is 0 Å². The van der Waals surface area contributed by atoms with Crippen LogP contribution in [0.5, 0.6) is 0 Å². The normalized spacial score (nSPS) is 10.5. The summed E-state index contributed by atoms with van der Waals surface area (Å²) < 4.78 is 0. The van der Waals surface area contributed by atoms with E-state index < -0.39 is 5.97 Å². The van der Waals surface area contributed by atoms with Gasteiger partial charge in [-0.1, -0.05) is 52.4 Å². The molecule has 130 valence electrons. The third-order valence-electron chi connectivity index (χ3n) is 3.96. The number of benzene rings is 1. The average molecular weight is 320 g/mol. The number of carboxylic acid groups (broad SMARTS) is 1. The van der Waals surface area contributed by atoms with E-state index in [4.69, 9.17) is 0 Å². The van der Waals surface area contributed by atoms with Gasteiger partial charge in [0.1, 0.15) is 0 Å². The Morgan fingerprint density at radius 3 is 2.09 bits per heavy atom. The SMILES string of the molecule is CCCCCCNc1ccc(C(=O)O)c(NCCCCCC)c1. The molecular weight excluding hydrogens is 288 g/mol. The number of carboxylic acids is 1. The Kier molecular flexibility index (Phi) is 9.92. The Morgan fingerprint density at radius 2 is 1.52 bits per heavy atom. The first-order valence-corrected chi connectivity index (χ1v) is 9.04. The maximum atomic E-state index is 11.3. The molecular formula is C19H32N2O2. The van der Waals surface area contributed by atoms with Crippen molar-refractivity contribution in [2.75, 3.05) is 23.7 Å². The lowest BCUT2D eigenvalue weighted by Crippen LogP contribution is -2.09. The lowest BCUT2D eigenvalue weighted by Gasteiger charge is -2.13. The van der Waals surface area contributed by atoms with Gasteiger partial charge in [0.25, 0.3) is 0 Å². The molecule has 0 atom stereocenters. The van der Waals surface area contributed by atoms with Gasteiger partial charge in [0.15, 0.2) is 0 Å². The van der Waals surface area contributed by atoms with Crippen LogP contribution in [0.15, 0.2) is 18.2 Å². The Hall–Kier alpha value is -1.71. The molecule has 1 aromatic rings. The van der Waals surface area contributed by atoms with Gasteiger partial charge in [-0.05, 0) is 31.0 Å². The fraction of sp³-hybridized carbons (Fsp3) is 0.632. The largest absolute Gasteiger partial charge is 0.478 e. The van der Waals surface area contributed by atoms with E-state index in [0.717, 1.165) is 31.6 Å². The van der Waals surface area contributed by atoms with Gasteiger partial charge >= 0.3 is 5.97 Å². The van der Waals surface area contributed by atoms with Crippen molar-refractivity contribution in [1.82, 2.24) is 0 Å². The van der Waals surface area contributed by atoms with E-state index in [0.29, 0.717) is 11.3 Å². The number of unbranched alkanes of at least 4 members (excludes halogenated alkanes) is 6. The maximum absolute atomic E-state index is 11.3. The molecule has 0 aromatic heterocycles. The number of hydrogen-bond acceptors (Lipinski definition) is 3. The Bertz CT molecular complexity index is 461. The molecule has 0 aliphatic carbocycles. The third-order valence-corrected chi connectivity index (χ3v) is 3.96. The Balaban J connectivity index is 2.54. The zero-order chi connectivity index (χ0) is 16.9. The average Bonchev–Trinajstić information content (AvgIpc) is 2.54. The van der Waals surface area contributed by atoms with Crippen LogP contribution >= 0.6 is 0 Å². The van der Waals surface area contributed by atoms with Crippen molar-refractivity contribution >= 4 is 17.3 Å². The molecule has 0 amide bonds. The zero-order valence-electron chi connectivity index (χ0n) is 14.7. The maximum Gasteiger partial charge on any atom is 0.337 e. The fourth-order valence-electron chi connectivity index (χ4n) is 2.55. The van der Waals surface area contributed by atoms with Gasteiger partial charge in [-0.25, -0.2) is 4.79 Å². The van der Waals surface area contributed by atoms with E-state index in [1.165, 1.54) is 38.5 Å². The summed E-state index contributed by atoms with van der Waals surface area (Å²) in [6, 6.07) is 5.46. The van der Waals surface area contributed by atoms with E-state index in [9.17, 15) is 9.90 Å². The van der Waals surface area contributed by atoms with Crippen molar-refractivity contribution in [3.63, 3.8) is 0 Å². The molecule has 0 unspecified atom stereocenters. The summed E-state index contributed by atoms with van der Waals surface area (Å²) in [6.07, 6.45) is 9.57. The number of aromatic carboxylic acids is 1. The quantitative estimate of drug-likeness (QED) is 0.428. The first kappa shape index (κ1) is 19.3. The summed E-state index contributed by atoms with van der Waals surface area (Å²) in [5.74, 6) is -0.879. The molecule has 1 rings (SSSR count). The van der Waals surface area contributed by atoms with Crippen molar-refractivity contribution in [2.24, 2.45) is 0 Å². The van der Waals surface area contributed by atoms with Gasteiger partial charge in [-0.15, -0.1) is 0 Å². The summed E-state index contributed by atoms with van der Waals surface area (Å²) in [4.78, 5) is 11.3. The highest BCUT2D eigenvalue weighted by Gasteiger charge is 2.10. The molecule has 0 aliphatic heterocycles. The molecule has 0 radical (unpaired) electrons. The molecule has 0 heterocycles. The van der Waals surface area contributed by atoms with Crippen molar-refractivity contribution < 1.29 is 9.90 Å². The van der Waals surface area contributed by atoms with Crippen molar-refractivity contribution in [3.05, 3.63) is 23.8 Å². The summed E-state index contributed by atoms with van der Waals surface area (Å²) in [5.41, 5.74) is 2.05. The molecule has 0 fully saturated rings. The second-order valence-electron chi connectivity index (χ2n) is 6.04. The summed E-state index contributed by atoms with van der Waals surface area (Å²) >= 11 is 0. The molecule has 3 N–H and O–H groups in total. The smallest absolute Gasteiger partial charge is 0.337 e. The first-order valence-electron chi connectivity index (χ1n) is 9.04. The van der Waals surface area contributed by atoms with Gasteiger partial charge in [0, 0.05) is 18.8 Å². The van der Waals surface area contributed by atoms with E-state index >= 15 is 0 Å². The van der Waals surface area contributed by atoms with E-state index in [2.05, 4.69) is 24.5 Å². The first-order chi connectivity index (χ1) is 11.2. The second-order valence-corrected chi connectivity index (χ2v) is 6.04.